The SMILES string of the molecule is CC(C)c1ccc(N2CCC(n3ccnc3)CC2)cc1. The Bertz CT molecular complexity index is 520. The van der Waals surface area contributed by atoms with Gasteiger partial charge in [-0.2, -0.15) is 0 Å². The summed E-state index contributed by atoms with van der Waals surface area (Å²) in [6, 6.07) is 9.69. The molecule has 1 aromatic heterocycles. The van der Waals surface area contributed by atoms with E-state index >= 15 is 0 Å². The standard InChI is InChI=1S/C17H23N3/c1-14(2)15-3-5-16(6-4-15)19-10-7-17(8-11-19)20-12-9-18-13-20/h3-6,9,12-14,17H,7-8,10-11H2,1-2H3. The fourth-order valence-electron chi connectivity index (χ4n) is 2.98. The van der Waals surface area contributed by atoms with Crippen LogP contribution in [0.15, 0.2) is 43.0 Å². The fourth-order valence-corrected chi connectivity index (χ4v) is 2.98. The number of rotatable bonds is 3. The van der Waals surface area contributed by atoms with E-state index in [-0.39, 0.29) is 0 Å². The van der Waals surface area contributed by atoms with Gasteiger partial charge in [0, 0.05) is 37.2 Å². The summed E-state index contributed by atoms with van der Waals surface area (Å²) >= 11 is 0. The first kappa shape index (κ1) is 13.2. The number of piperidine rings is 1. The van der Waals surface area contributed by atoms with Gasteiger partial charge in [-0.1, -0.05) is 26.0 Å². The Kier molecular flexibility index (Phi) is 3.77. The van der Waals surface area contributed by atoms with E-state index in [1.807, 2.05) is 12.5 Å². The van der Waals surface area contributed by atoms with Gasteiger partial charge in [0.25, 0.3) is 0 Å². The van der Waals surface area contributed by atoms with Crippen LogP contribution in [0.5, 0.6) is 0 Å². The molecule has 1 aliphatic rings. The molecular formula is C17H23N3. The van der Waals surface area contributed by atoms with E-state index in [0.29, 0.717) is 12.0 Å². The van der Waals surface area contributed by atoms with Crippen LogP contribution in [0.25, 0.3) is 0 Å². The molecule has 3 heteroatoms. The minimum absolute atomic E-state index is 0.607. The molecule has 2 heterocycles. The molecule has 0 saturated carbocycles. The molecule has 0 amide bonds. The van der Waals surface area contributed by atoms with Gasteiger partial charge in [0.05, 0.1) is 6.33 Å². The Hall–Kier alpha value is -1.77. The third kappa shape index (κ3) is 2.72. The predicted molar refractivity (Wildman–Crippen MR) is 83.2 cm³/mol. The van der Waals surface area contributed by atoms with Gasteiger partial charge in [-0.05, 0) is 36.5 Å². The molecule has 0 unspecified atom stereocenters. The van der Waals surface area contributed by atoms with Crippen LogP contribution < -0.4 is 4.90 Å². The Morgan fingerprint density at radius 2 is 1.80 bits per heavy atom. The van der Waals surface area contributed by atoms with Crippen molar-refractivity contribution >= 4 is 5.69 Å². The molecule has 1 fully saturated rings. The van der Waals surface area contributed by atoms with Gasteiger partial charge in [-0.15, -0.1) is 0 Å². The predicted octanol–water partition coefficient (Wildman–Crippen LogP) is 3.85. The van der Waals surface area contributed by atoms with Crippen LogP contribution in [0.2, 0.25) is 0 Å². The molecule has 1 saturated heterocycles. The van der Waals surface area contributed by atoms with Crippen LogP contribution in [0.1, 0.15) is 44.2 Å². The van der Waals surface area contributed by atoms with Gasteiger partial charge in [0.15, 0.2) is 0 Å². The van der Waals surface area contributed by atoms with Crippen molar-refractivity contribution in [3.05, 3.63) is 48.5 Å². The molecule has 0 N–H and O–H groups in total. The normalized spacial score (nSPS) is 16.9. The van der Waals surface area contributed by atoms with Crippen molar-refractivity contribution in [1.29, 1.82) is 0 Å². The minimum Gasteiger partial charge on any atom is -0.371 e. The molecule has 0 atom stereocenters. The molecular weight excluding hydrogens is 246 g/mol. The van der Waals surface area contributed by atoms with E-state index in [1.165, 1.54) is 24.1 Å². The maximum absolute atomic E-state index is 4.15. The summed E-state index contributed by atoms with van der Waals surface area (Å²) in [4.78, 5) is 6.65. The number of hydrogen-bond acceptors (Lipinski definition) is 2. The lowest BCUT2D eigenvalue weighted by Gasteiger charge is -2.34. The van der Waals surface area contributed by atoms with E-state index in [9.17, 15) is 0 Å². The second-order valence-corrected chi connectivity index (χ2v) is 5.97. The summed E-state index contributed by atoms with van der Waals surface area (Å²) in [6.45, 7) is 6.74. The average Bonchev–Trinajstić information content (AvgIpc) is 3.02. The highest BCUT2D eigenvalue weighted by atomic mass is 15.2. The molecule has 3 rings (SSSR count). The van der Waals surface area contributed by atoms with Crippen LogP contribution in [0.3, 0.4) is 0 Å². The van der Waals surface area contributed by atoms with Crippen molar-refractivity contribution in [1.82, 2.24) is 9.55 Å². The van der Waals surface area contributed by atoms with Gasteiger partial charge in [0.2, 0.25) is 0 Å². The monoisotopic (exact) mass is 269 g/mol. The van der Waals surface area contributed by atoms with Crippen molar-refractivity contribution in [3.8, 4) is 0 Å². The topological polar surface area (TPSA) is 21.1 Å². The smallest absolute Gasteiger partial charge is 0.0948 e. The number of anilines is 1. The third-order valence-corrected chi connectivity index (χ3v) is 4.34. The lowest BCUT2D eigenvalue weighted by atomic mass is 10.0. The van der Waals surface area contributed by atoms with Gasteiger partial charge < -0.3 is 9.47 Å². The Balaban J connectivity index is 1.63. The summed E-state index contributed by atoms with van der Waals surface area (Å²) in [5.41, 5.74) is 2.78. The highest BCUT2D eigenvalue weighted by Crippen LogP contribution is 2.27. The van der Waals surface area contributed by atoms with Crippen LogP contribution in [0, 0.1) is 0 Å². The zero-order valence-electron chi connectivity index (χ0n) is 12.4. The largest absolute Gasteiger partial charge is 0.371 e. The number of hydrogen-bond donors (Lipinski definition) is 0. The van der Waals surface area contributed by atoms with Crippen molar-refractivity contribution in [2.45, 2.75) is 38.6 Å². The zero-order chi connectivity index (χ0) is 13.9. The molecule has 1 aliphatic heterocycles. The Morgan fingerprint density at radius 1 is 1.10 bits per heavy atom. The maximum Gasteiger partial charge on any atom is 0.0948 e. The average molecular weight is 269 g/mol. The van der Waals surface area contributed by atoms with Crippen molar-refractivity contribution in [2.75, 3.05) is 18.0 Å². The van der Waals surface area contributed by atoms with E-state index in [1.54, 1.807) is 0 Å². The van der Waals surface area contributed by atoms with Crippen LogP contribution >= 0.6 is 0 Å². The first-order chi connectivity index (χ1) is 9.74. The molecule has 3 nitrogen and oxygen atoms in total. The summed E-state index contributed by atoms with van der Waals surface area (Å²) in [7, 11) is 0. The second-order valence-electron chi connectivity index (χ2n) is 5.97. The number of aromatic nitrogens is 2. The molecule has 0 bridgehead atoms. The van der Waals surface area contributed by atoms with Crippen LogP contribution in [-0.2, 0) is 0 Å². The quantitative estimate of drug-likeness (QED) is 0.844. The van der Waals surface area contributed by atoms with E-state index < -0.39 is 0 Å². The molecule has 106 valence electrons. The summed E-state index contributed by atoms with van der Waals surface area (Å²) in [6.07, 6.45) is 8.29. The maximum atomic E-state index is 4.15. The molecule has 1 aromatic carbocycles. The first-order valence-corrected chi connectivity index (χ1v) is 7.56. The number of benzene rings is 1. The van der Waals surface area contributed by atoms with Gasteiger partial charge in [0.1, 0.15) is 0 Å². The van der Waals surface area contributed by atoms with E-state index in [4.69, 9.17) is 0 Å². The number of nitrogens with zero attached hydrogens (tertiary/aromatic N) is 3. The van der Waals surface area contributed by atoms with Gasteiger partial charge in [-0.25, -0.2) is 4.98 Å². The van der Waals surface area contributed by atoms with Crippen LogP contribution in [0.4, 0.5) is 5.69 Å². The molecule has 0 radical (unpaired) electrons. The summed E-state index contributed by atoms with van der Waals surface area (Å²) in [5, 5.41) is 0. The van der Waals surface area contributed by atoms with Crippen molar-refractivity contribution in [3.63, 3.8) is 0 Å². The highest BCUT2D eigenvalue weighted by molar-refractivity contribution is 5.48. The Labute approximate surface area is 121 Å². The molecule has 20 heavy (non-hydrogen) atoms. The zero-order valence-corrected chi connectivity index (χ0v) is 12.4. The van der Waals surface area contributed by atoms with Crippen molar-refractivity contribution in [2.24, 2.45) is 0 Å². The van der Waals surface area contributed by atoms with Gasteiger partial charge >= 0.3 is 0 Å². The Morgan fingerprint density at radius 3 is 2.35 bits per heavy atom. The fraction of sp³-hybridized carbons (Fsp3) is 0.471. The van der Waals surface area contributed by atoms with E-state index in [0.717, 1.165) is 13.1 Å². The lowest BCUT2D eigenvalue weighted by molar-refractivity contribution is 0.396. The molecule has 2 aromatic rings. The summed E-state index contributed by atoms with van der Waals surface area (Å²) in [5.74, 6) is 0.607. The molecule has 0 aliphatic carbocycles. The van der Waals surface area contributed by atoms with Gasteiger partial charge in [-0.3, -0.25) is 0 Å². The third-order valence-electron chi connectivity index (χ3n) is 4.34. The second kappa shape index (κ2) is 5.70. The minimum atomic E-state index is 0.607. The van der Waals surface area contributed by atoms with E-state index in [2.05, 4.69) is 58.8 Å². The first-order valence-electron chi connectivity index (χ1n) is 7.56. The number of imidazole rings is 1. The lowest BCUT2D eigenvalue weighted by Crippen LogP contribution is -2.34. The summed E-state index contributed by atoms with van der Waals surface area (Å²) < 4.78 is 2.25. The van der Waals surface area contributed by atoms with Crippen molar-refractivity contribution < 1.29 is 0 Å². The van der Waals surface area contributed by atoms with Crippen LogP contribution in [-0.4, -0.2) is 22.6 Å². The molecule has 0 spiro atoms. The highest BCUT2D eigenvalue weighted by Gasteiger charge is 2.20.